The molecule has 2 aromatic heterocycles. The van der Waals surface area contributed by atoms with E-state index in [2.05, 4.69) is 27.0 Å². The second-order valence-corrected chi connectivity index (χ2v) is 6.40. The summed E-state index contributed by atoms with van der Waals surface area (Å²) in [6, 6.07) is 1.89. The van der Waals surface area contributed by atoms with Crippen LogP contribution in [-0.4, -0.2) is 61.6 Å². The monoisotopic (exact) mass is 330 g/mol. The first kappa shape index (κ1) is 16.7. The van der Waals surface area contributed by atoms with E-state index in [4.69, 9.17) is 0 Å². The van der Waals surface area contributed by atoms with Gasteiger partial charge in [-0.15, -0.1) is 0 Å². The molecule has 3 heterocycles. The lowest BCUT2D eigenvalue weighted by Gasteiger charge is -2.21. The average Bonchev–Trinajstić information content (AvgIpc) is 3.12. The highest BCUT2D eigenvalue weighted by atomic mass is 16.2. The maximum Gasteiger partial charge on any atom is 0.274 e. The van der Waals surface area contributed by atoms with Crippen LogP contribution in [0.5, 0.6) is 0 Å². The van der Waals surface area contributed by atoms with Crippen LogP contribution in [0.1, 0.15) is 41.8 Å². The maximum absolute atomic E-state index is 12.7. The lowest BCUT2D eigenvalue weighted by Crippen LogP contribution is -2.35. The van der Waals surface area contributed by atoms with Crippen molar-refractivity contribution in [2.45, 2.75) is 32.7 Å². The number of hydrogen-bond acceptors (Lipinski definition) is 4. The average molecular weight is 330 g/mol. The van der Waals surface area contributed by atoms with Gasteiger partial charge < -0.3 is 9.47 Å². The predicted molar refractivity (Wildman–Crippen MR) is 91.6 cm³/mol. The molecule has 7 nitrogen and oxygen atoms in total. The molecule has 1 saturated heterocycles. The van der Waals surface area contributed by atoms with Crippen LogP contribution in [0, 0.1) is 0 Å². The van der Waals surface area contributed by atoms with Gasteiger partial charge in [-0.3, -0.25) is 14.8 Å². The largest absolute Gasteiger partial charge is 0.337 e. The molecule has 0 saturated carbocycles. The molecule has 2 aromatic rings. The summed E-state index contributed by atoms with van der Waals surface area (Å²) >= 11 is 0. The molecule has 0 spiro atoms. The number of carbonyl (C=O) groups is 1. The van der Waals surface area contributed by atoms with Crippen molar-refractivity contribution in [2.75, 3.05) is 26.2 Å². The van der Waals surface area contributed by atoms with Gasteiger partial charge in [-0.1, -0.05) is 13.3 Å². The van der Waals surface area contributed by atoms with Gasteiger partial charge >= 0.3 is 0 Å². The third-order valence-corrected chi connectivity index (χ3v) is 4.53. The number of H-pyrrole nitrogens is 1. The van der Waals surface area contributed by atoms with Crippen molar-refractivity contribution in [1.82, 2.24) is 29.5 Å². The van der Waals surface area contributed by atoms with Crippen LogP contribution < -0.4 is 0 Å². The fraction of sp³-hybridized carbons (Fsp3) is 0.588. The normalized spacial score (nSPS) is 16.3. The van der Waals surface area contributed by atoms with Crippen LogP contribution in [0.4, 0.5) is 0 Å². The Morgan fingerprint density at radius 1 is 1.29 bits per heavy atom. The molecular weight excluding hydrogens is 304 g/mol. The molecule has 7 heteroatoms. The van der Waals surface area contributed by atoms with Crippen LogP contribution in [0.15, 0.2) is 18.5 Å². The van der Waals surface area contributed by atoms with Crippen LogP contribution in [0.25, 0.3) is 0 Å². The zero-order chi connectivity index (χ0) is 16.9. The Hall–Kier alpha value is -2.15. The number of carbonyl (C=O) groups excluding carboxylic acids is 1. The Morgan fingerprint density at radius 2 is 2.17 bits per heavy atom. The molecule has 1 aliphatic rings. The van der Waals surface area contributed by atoms with E-state index in [1.165, 1.54) is 0 Å². The number of nitrogens with zero attached hydrogens (tertiary/aromatic N) is 5. The molecule has 0 aromatic carbocycles. The first-order chi connectivity index (χ1) is 11.7. The van der Waals surface area contributed by atoms with Crippen molar-refractivity contribution >= 4 is 5.91 Å². The number of aryl methyl sites for hydroxylation is 2. The summed E-state index contributed by atoms with van der Waals surface area (Å²) < 4.78 is 2.05. The molecule has 130 valence electrons. The molecule has 0 radical (unpaired) electrons. The Kier molecular flexibility index (Phi) is 5.30. The topological polar surface area (TPSA) is 70.1 Å². The summed E-state index contributed by atoms with van der Waals surface area (Å²) in [7, 11) is 2.02. The van der Waals surface area contributed by atoms with Gasteiger partial charge in [0.15, 0.2) is 0 Å². The van der Waals surface area contributed by atoms with Crippen molar-refractivity contribution in [3.63, 3.8) is 0 Å². The first-order valence-electron chi connectivity index (χ1n) is 8.69. The molecule has 1 aliphatic heterocycles. The Balaban J connectivity index is 1.58. The second kappa shape index (κ2) is 7.61. The molecule has 1 fully saturated rings. The molecule has 0 bridgehead atoms. The number of hydrogen-bond donors (Lipinski definition) is 1. The van der Waals surface area contributed by atoms with Gasteiger partial charge in [0, 0.05) is 51.3 Å². The summed E-state index contributed by atoms with van der Waals surface area (Å²) in [6.45, 7) is 6.32. The third-order valence-electron chi connectivity index (χ3n) is 4.53. The quantitative estimate of drug-likeness (QED) is 0.901. The molecule has 0 unspecified atom stereocenters. The smallest absolute Gasteiger partial charge is 0.274 e. The van der Waals surface area contributed by atoms with Gasteiger partial charge in [-0.05, 0) is 18.9 Å². The molecule has 1 N–H and O–H groups in total. The Morgan fingerprint density at radius 3 is 2.92 bits per heavy atom. The van der Waals surface area contributed by atoms with Crippen LogP contribution >= 0.6 is 0 Å². The summed E-state index contributed by atoms with van der Waals surface area (Å²) in [5, 5.41) is 7.16. The minimum atomic E-state index is 0.0347. The van der Waals surface area contributed by atoms with E-state index in [-0.39, 0.29) is 5.91 Å². The van der Waals surface area contributed by atoms with Crippen LogP contribution in [0.2, 0.25) is 0 Å². The highest BCUT2D eigenvalue weighted by Crippen LogP contribution is 2.11. The van der Waals surface area contributed by atoms with Gasteiger partial charge in [-0.25, -0.2) is 4.98 Å². The third kappa shape index (κ3) is 3.84. The van der Waals surface area contributed by atoms with Gasteiger partial charge in [-0.2, -0.15) is 5.10 Å². The summed E-state index contributed by atoms with van der Waals surface area (Å²) in [4.78, 5) is 21.3. The minimum Gasteiger partial charge on any atom is -0.337 e. The fourth-order valence-electron chi connectivity index (χ4n) is 3.11. The number of aromatic nitrogens is 4. The van der Waals surface area contributed by atoms with Gasteiger partial charge in [0.25, 0.3) is 5.91 Å². The minimum absolute atomic E-state index is 0.0347. The second-order valence-electron chi connectivity index (χ2n) is 6.40. The molecular formula is C17H26N6O. The van der Waals surface area contributed by atoms with Crippen molar-refractivity contribution < 1.29 is 4.79 Å². The van der Waals surface area contributed by atoms with Gasteiger partial charge in [0.1, 0.15) is 11.5 Å². The molecule has 0 aliphatic carbocycles. The first-order valence-corrected chi connectivity index (χ1v) is 8.69. The van der Waals surface area contributed by atoms with E-state index in [0.29, 0.717) is 5.69 Å². The van der Waals surface area contributed by atoms with Crippen LogP contribution in [-0.2, 0) is 20.0 Å². The highest BCUT2D eigenvalue weighted by Gasteiger charge is 2.22. The zero-order valence-electron chi connectivity index (χ0n) is 14.5. The van der Waals surface area contributed by atoms with E-state index in [1.54, 1.807) is 0 Å². The van der Waals surface area contributed by atoms with E-state index < -0.39 is 0 Å². The molecule has 0 atom stereocenters. The summed E-state index contributed by atoms with van der Waals surface area (Å²) in [5.41, 5.74) is 1.57. The molecule has 24 heavy (non-hydrogen) atoms. The number of rotatable bonds is 5. The number of nitrogens with one attached hydrogen (secondary N) is 1. The van der Waals surface area contributed by atoms with Gasteiger partial charge in [0.05, 0.1) is 6.54 Å². The predicted octanol–water partition coefficient (Wildman–Crippen LogP) is 1.44. The Labute approximate surface area is 142 Å². The summed E-state index contributed by atoms with van der Waals surface area (Å²) in [6.07, 6.45) is 6.74. The number of amides is 1. The van der Waals surface area contributed by atoms with E-state index in [9.17, 15) is 4.79 Å². The van der Waals surface area contributed by atoms with Crippen molar-refractivity contribution in [1.29, 1.82) is 0 Å². The lowest BCUT2D eigenvalue weighted by atomic mass is 10.2. The van der Waals surface area contributed by atoms with Gasteiger partial charge in [0.2, 0.25) is 0 Å². The molecule has 1 amide bonds. The maximum atomic E-state index is 12.7. The standard InChI is InChI=1S/C17H26N6O/c1-3-5-14-12-15(20-19-14)17(24)23-8-4-7-22(10-11-23)13-16-18-6-9-21(16)2/h6,9,12H,3-5,7-8,10-11,13H2,1-2H3,(H,19,20). The zero-order valence-corrected chi connectivity index (χ0v) is 14.5. The fourth-order valence-corrected chi connectivity index (χ4v) is 3.11. The van der Waals surface area contributed by atoms with Crippen molar-refractivity contribution in [3.05, 3.63) is 35.7 Å². The van der Waals surface area contributed by atoms with Crippen LogP contribution in [0.3, 0.4) is 0 Å². The number of imidazole rings is 1. The van der Waals surface area contributed by atoms with Crippen molar-refractivity contribution in [3.8, 4) is 0 Å². The lowest BCUT2D eigenvalue weighted by molar-refractivity contribution is 0.0755. The molecule has 3 rings (SSSR count). The number of aromatic amines is 1. The highest BCUT2D eigenvalue weighted by molar-refractivity contribution is 5.92. The van der Waals surface area contributed by atoms with E-state index >= 15 is 0 Å². The van der Waals surface area contributed by atoms with E-state index in [1.807, 2.05) is 35.0 Å². The Bertz CT molecular complexity index is 676. The summed E-state index contributed by atoms with van der Waals surface area (Å²) in [5.74, 6) is 1.10. The SMILES string of the molecule is CCCc1cc(C(=O)N2CCCN(Cc3nccn3C)CC2)n[nH]1. The van der Waals surface area contributed by atoms with Crippen molar-refractivity contribution in [2.24, 2.45) is 7.05 Å². The van der Waals surface area contributed by atoms with E-state index in [0.717, 1.165) is 63.5 Å².